The quantitative estimate of drug-likeness (QED) is 0.745. The van der Waals surface area contributed by atoms with Gasteiger partial charge in [0.1, 0.15) is 0 Å². The zero-order valence-electron chi connectivity index (χ0n) is 13.9. The van der Waals surface area contributed by atoms with Crippen LogP contribution in [0.3, 0.4) is 0 Å². The van der Waals surface area contributed by atoms with Crippen LogP contribution in [0.4, 0.5) is 0 Å². The van der Waals surface area contributed by atoms with Gasteiger partial charge in [0.25, 0.3) is 0 Å². The Morgan fingerprint density at radius 3 is 2.27 bits per heavy atom. The molecule has 0 fully saturated rings. The lowest BCUT2D eigenvalue weighted by Gasteiger charge is -2.27. The third-order valence-corrected chi connectivity index (χ3v) is 3.92. The Kier molecular flexibility index (Phi) is 6.56. The van der Waals surface area contributed by atoms with Crippen LogP contribution in [0.2, 0.25) is 0 Å². The predicted octanol–water partition coefficient (Wildman–Crippen LogP) is 3.25. The fraction of sp³-hybridized carbons (Fsp3) is 0.421. The molecule has 1 heterocycles. The second kappa shape index (κ2) is 8.66. The highest BCUT2D eigenvalue weighted by Crippen LogP contribution is 2.17. The van der Waals surface area contributed by atoms with E-state index >= 15 is 0 Å². The molecule has 0 N–H and O–H groups in total. The van der Waals surface area contributed by atoms with Crippen LogP contribution in [0.15, 0.2) is 54.9 Å². The van der Waals surface area contributed by atoms with Crippen LogP contribution >= 0.6 is 0 Å². The van der Waals surface area contributed by atoms with Crippen molar-refractivity contribution in [2.75, 3.05) is 33.7 Å². The van der Waals surface area contributed by atoms with Crippen LogP contribution in [-0.2, 0) is 6.54 Å². The van der Waals surface area contributed by atoms with Gasteiger partial charge in [-0.3, -0.25) is 9.88 Å². The molecule has 0 saturated carbocycles. The molecule has 0 aliphatic carbocycles. The molecule has 0 bridgehead atoms. The van der Waals surface area contributed by atoms with Gasteiger partial charge in [0, 0.05) is 38.6 Å². The number of rotatable bonds is 8. The summed E-state index contributed by atoms with van der Waals surface area (Å²) < 4.78 is 0. The van der Waals surface area contributed by atoms with Crippen LogP contribution in [0, 0.1) is 0 Å². The minimum absolute atomic E-state index is 0.533. The SMILES string of the molecule is C[C@@H](CN(CCN(C)C)Cc1ccncc1)c1ccccc1. The van der Waals surface area contributed by atoms with Crippen molar-refractivity contribution in [3.63, 3.8) is 0 Å². The maximum absolute atomic E-state index is 4.11. The Hall–Kier alpha value is -1.71. The van der Waals surface area contributed by atoms with Gasteiger partial charge in [-0.2, -0.15) is 0 Å². The molecule has 0 unspecified atom stereocenters. The topological polar surface area (TPSA) is 19.4 Å². The van der Waals surface area contributed by atoms with Gasteiger partial charge in [-0.25, -0.2) is 0 Å². The molecule has 118 valence electrons. The fourth-order valence-corrected chi connectivity index (χ4v) is 2.60. The Bertz CT molecular complexity index is 525. The van der Waals surface area contributed by atoms with Gasteiger partial charge in [-0.05, 0) is 43.3 Å². The molecule has 1 aromatic heterocycles. The molecular weight excluding hydrogens is 270 g/mol. The molecule has 0 spiro atoms. The predicted molar refractivity (Wildman–Crippen MR) is 92.9 cm³/mol. The average Bonchev–Trinajstić information content (AvgIpc) is 2.54. The summed E-state index contributed by atoms with van der Waals surface area (Å²) in [6.07, 6.45) is 3.75. The molecule has 0 aliphatic rings. The van der Waals surface area contributed by atoms with E-state index < -0.39 is 0 Å². The van der Waals surface area contributed by atoms with Gasteiger partial charge in [-0.1, -0.05) is 37.3 Å². The number of benzene rings is 1. The van der Waals surface area contributed by atoms with Gasteiger partial charge < -0.3 is 4.90 Å². The standard InChI is InChI=1S/C19H27N3/c1-17(19-7-5-4-6-8-19)15-22(14-13-21(2)3)16-18-9-11-20-12-10-18/h4-12,17H,13-16H2,1-3H3/t17-/m0/s1. The summed E-state index contributed by atoms with van der Waals surface area (Å²) in [5.41, 5.74) is 2.74. The average molecular weight is 297 g/mol. The first-order chi connectivity index (χ1) is 10.6. The summed E-state index contributed by atoms with van der Waals surface area (Å²) in [6, 6.07) is 15.0. The first-order valence-electron chi connectivity index (χ1n) is 7.96. The molecule has 2 rings (SSSR count). The van der Waals surface area contributed by atoms with Gasteiger partial charge in [-0.15, -0.1) is 0 Å². The van der Waals surface area contributed by atoms with Gasteiger partial charge >= 0.3 is 0 Å². The summed E-state index contributed by atoms with van der Waals surface area (Å²) >= 11 is 0. The second-order valence-corrected chi connectivity index (χ2v) is 6.21. The summed E-state index contributed by atoms with van der Waals surface area (Å²) in [4.78, 5) is 8.89. The lowest BCUT2D eigenvalue weighted by molar-refractivity contribution is 0.224. The van der Waals surface area contributed by atoms with E-state index in [2.05, 4.69) is 78.3 Å². The van der Waals surface area contributed by atoms with Crippen LogP contribution in [-0.4, -0.2) is 48.5 Å². The van der Waals surface area contributed by atoms with Crippen molar-refractivity contribution in [3.8, 4) is 0 Å². The Balaban J connectivity index is 2.00. The molecule has 3 heteroatoms. The third kappa shape index (κ3) is 5.58. The lowest BCUT2D eigenvalue weighted by Crippen LogP contribution is -2.34. The number of aromatic nitrogens is 1. The maximum Gasteiger partial charge on any atom is 0.0271 e. The van der Waals surface area contributed by atoms with Crippen molar-refractivity contribution in [2.24, 2.45) is 0 Å². The molecule has 0 aliphatic heterocycles. The van der Waals surface area contributed by atoms with Gasteiger partial charge in [0.05, 0.1) is 0 Å². The molecule has 22 heavy (non-hydrogen) atoms. The van der Waals surface area contributed by atoms with E-state index in [9.17, 15) is 0 Å². The molecule has 1 atom stereocenters. The van der Waals surface area contributed by atoms with Crippen molar-refractivity contribution >= 4 is 0 Å². The Labute approximate surface area is 134 Å². The van der Waals surface area contributed by atoms with Crippen molar-refractivity contribution in [1.82, 2.24) is 14.8 Å². The van der Waals surface area contributed by atoms with E-state index in [1.807, 2.05) is 12.4 Å². The molecular formula is C19H27N3. The van der Waals surface area contributed by atoms with E-state index in [1.165, 1.54) is 11.1 Å². The molecule has 0 amide bonds. The smallest absolute Gasteiger partial charge is 0.0271 e. The summed E-state index contributed by atoms with van der Waals surface area (Å²) in [5.74, 6) is 0.533. The largest absolute Gasteiger partial charge is 0.308 e. The van der Waals surface area contributed by atoms with E-state index in [0.717, 1.165) is 26.2 Å². The Morgan fingerprint density at radius 2 is 1.64 bits per heavy atom. The molecule has 3 nitrogen and oxygen atoms in total. The maximum atomic E-state index is 4.11. The van der Waals surface area contributed by atoms with Crippen LogP contribution in [0.5, 0.6) is 0 Å². The summed E-state index contributed by atoms with van der Waals surface area (Å²) in [7, 11) is 4.26. The highest BCUT2D eigenvalue weighted by atomic mass is 15.2. The van der Waals surface area contributed by atoms with E-state index in [0.29, 0.717) is 5.92 Å². The lowest BCUT2D eigenvalue weighted by atomic mass is 10.0. The minimum Gasteiger partial charge on any atom is -0.308 e. The van der Waals surface area contributed by atoms with E-state index in [4.69, 9.17) is 0 Å². The normalized spacial score (nSPS) is 12.8. The van der Waals surface area contributed by atoms with Gasteiger partial charge in [0.2, 0.25) is 0 Å². The van der Waals surface area contributed by atoms with E-state index in [-0.39, 0.29) is 0 Å². The number of hydrogen-bond acceptors (Lipinski definition) is 3. The highest BCUT2D eigenvalue weighted by Gasteiger charge is 2.12. The number of nitrogens with zero attached hydrogens (tertiary/aromatic N) is 3. The minimum atomic E-state index is 0.533. The summed E-state index contributed by atoms with van der Waals surface area (Å²) in [5, 5.41) is 0. The van der Waals surface area contributed by atoms with Crippen molar-refractivity contribution in [3.05, 3.63) is 66.0 Å². The molecule has 2 aromatic rings. The second-order valence-electron chi connectivity index (χ2n) is 6.21. The first kappa shape index (κ1) is 16.7. The Morgan fingerprint density at radius 1 is 0.955 bits per heavy atom. The zero-order valence-corrected chi connectivity index (χ0v) is 13.9. The van der Waals surface area contributed by atoms with E-state index in [1.54, 1.807) is 0 Å². The summed E-state index contributed by atoms with van der Waals surface area (Å²) in [6.45, 7) is 6.51. The monoisotopic (exact) mass is 297 g/mol. The van der Waals surface area contributed by atoms with Crippen molar-refractivity contribution < 1.29 is 0 Å². The third-order valence-electron chi connectivity index (χ3n) is 3.92. The molecule has 0 saturated heterocycles. The molecule has 0 radical (unpaired) electrons. The van der Waals surface area contributed by atoms with Crippen molar-refractivity contribution in [2.45, 2.75) is 19.4 Å². The molecule has 1 aromatic carbocycles. The van der Waals surface area contributed by atoms with Gasteiger partial charge in [0.15, 0.2) is 0 Å². The zero-order chi connectivity index (χ0) is 15.8. The first-order valence-corrected chi connectivity index (χ1v) is 7.96. The number of pyridine rings is 1. The fourth-order valence-electron chi connectivity index (χ4n) is 2.60. The van der Waals surface area contributed by atoms with Crippen LogP contribution < -0.4 is 0 Å². The van der Waals surface area contributed by atoms with Crippen LogP contribution in [0.25, 0.3) is 0 Å². The number of hydrogen-bond donors (Lipinski definition) is 0. The van der Waals surface area contributed by atoms with Crippen molar-refractivity contribution in [1.29, 1.82) is 0 Å². The number of likely N-dealkylation sites (N-methyl/N-ethyl adjacent to an activating group) is 1. The van der Waals surface area contributed by atoms with Crippen LogP contribution in [0.1, 0.15) is 24.0 Å². The highest BCUT2D eigenvalue weighted by molar-refractivity contribution is 5.19.